The molecule has 11 aliphatic rings. The monoisotopic (exact) mass is 1750 g/mol. The van der Waals surface area contributed by atoms with Crippen LogP contribution in [0.4, 0.5) is 51.1 Å². The number of nitrogens with zero attached hydrogens (tertiary/aromatic N) is 19. The molecule has 128 heavy (non-hydrogen) atoms. The highest BCUT2D eigenvalue weighted by atomic mass is 19.3. The molecule has 8 aromatic heterocycles. The first kappa shape index (κ1) is 83.4. The summed E-state index contributed by atoms with van der Waals surface area (Å²) in [5, 5.41) is 30.0. The number of piperidine rings is 4. The Kier molecular flexibility index (Phi) is 22.4. The third kappa shape index (κ3) is 15.9. The number of ether oxygens (including phenoxy) is 3. The molecule has 670 valence electrons. The lowest BCUT2D eigenvalue weighted by Gasteiger charge is -2.43. The van der Waals surface area contributed by atoms with Gasteiger partial charge in [0.25, 0.3) is 24.7 Å². The number of fused-ring (bicyclic) bond motifs is 8. The number of urea groups is 1. The molecule has 33 nitrogen and oxygen atoms in total. The Balaban J connectivity index is 0.403. The summed E-state index contributed by atoms with van der Waals surface area (Å²) in [7, 11) is 1.65. The first-order valence-electron chi connectivity index (χ1n) is 45.4. The molecule has 9 saturated heterocycles. The third-order valence-corrected chi connectivity index (χ3v) is 29.4. The average molecular weight is 1750 g/mol. The van der Waals surface area contributed by atoms with Crippen LogP contribution in [-0.2, 0) is 35.6 Å². The number of para-hydroxylation sites is 1. The smallest absolute Gasteiger partial charge is 0.329 e. The summed E-state index contributed by atoms with van der Waals surface area (Å²) < 4.78 is 88.7. The van der Waals surface area contributed by atoms with Gasteiger partial charge in [-0.3, -0.25) is 63.0 Å². The van der Waals surface area contributed by atoms with E-state index in [0.717, 1.165) is 152 Å². The molecule has 9 aliphatic heterocycles. The molecule has 37 heteroatoms. The number of halogens is 4. The van der Waals surface area contributed by atoms with Crippen molar-refractivity contribution < 1.29 is 60.5 Å². The van der Waals surface area contributed by atoms with E-state index in [-0.39, 0.29) is 138 Å². The number of benzene rings is 2. The lowest BCUT2D eigenvalue weighted by molar-refractivity contribution is -0.135. The quantitative estimate of drug-likeness (QED) is 0.0295. The summed E-state index contributed by atoms with van der Waals surface area (Å²) in [6.07, 6.45) is 19.8. The Morgan fingerprint density at radius 2 is 1.20 bits per heavy atom. The van der Waals surface area contributed by atoms with Crippen LogP contribution < -0.4 is 41.7 Å². The summed E-state index contributed by atoms with van der Waals surface area (Å²) in [4.78, 5) is 120. The first-order valence-corrected chi connectivity index (χ1v) is 45.4. The Bertz CT molecular complexity index is 6100. The van der Waals surface area contributed by atoms with E-state index in [0.29, 0.717) is 84.5 Å². The average Bonchev–Trinajstić information content (AvgIpc) is 1.57. The predicted octanol–water partition coefficient (Wildman–Crippen LogP) is 10.1. The molecule has 7 amide bonds. The fourth-order valence-corrected chi connectivity index (χ4v) is 22.9. The lowest BCUT2D eigenvalue weighted by Crippen LogP contribution is -2.56. The van der Waals surface area contributed by atoms with E-state index in [2.05, 4.69) is 102 Å². The predicted molar refractivity (Wildman–Crippen MR) is 463 cm³/mol. The van der Waals surface area contributed by atoms with E-state index >= 15 is 0 Å². The minimum Gasteiger partial charge on any atom is -0.368 e. The molecule has 17 heterocycles. The van der Waals surface area contributed by atoms with Gasteiger partial charge in [-0.25, -0.2) is 46.1 Å². The number of morpholine rings is 2. The number of amides is 7. The van der Waals surface area contributed by atoms with Crippen LogP contribution >= 0.6 is 0 Å². The normalized spacial score (nSPS) is 27.1. The van der Waals surface area contributed by atoms with Crippen LogP contribution in [0.1, 0.15) is 203 Å². The van der Waals surface area contributed by atoms with Crippen LogP contribution in [0, 0.1) is 29.6 Å². The standard InChI is InChI=1S/C91H103F4N23O10/c1-51-44-109(31-25-73(51)126-37-5-7-55-6-3-10-68-80(55)107(2)91(125)118(68)69-19-20-76(119)103-89(69)123)46-53-13-17-58(18-14-53)117-50-67(79(106-117)84(94)95)100-88(122)65-42-98-115-36-27-75(102-86(65)115)113-48-60-39-71(113)82(128-60)81-70-38-59(127-81)47-112(70)74-26-35-114-85(101-74)64(41-97-114)87(121)99-66-49-116(105-78(66)83(92)93)57-15-11-52(12-16-57)45-108-29-23-56(24-30-108)110-32-21-54(22-33-110)61-8-4-9-62-63(61)40-96-43-72(62)111-34-28-77(120)104-90(111)124/h3-4,6,8-10,26-27,35-36,40-43,49-54,56-60,69-71,73,81-84H,11-25,28-34,37-39,44-48H2,1-2H3,(H,99,121)(H,100,122)(H,103,119,123)(H,104,120,124)/t51-,52-,53-,57-,58-,59+,60+,69+,70+,71+,73-,81?,82?/m0/s1. The highest BCUT2D eigenvalue weighted by molar-refractivity contribution is 6.11. The largest absolute Gasteiger partial charge is 0.368 e. The zero-order chi connectivity index (χ0) is 87.4. The van der Waals surface area contributed by atoms with E-state index in [1.807, 2.05) is 30.5 Å². The molecule has 0 spiro atoms. The van der Waals surface area contributed by atoms with Crippen molar-refractivity contribution in [3.8, 4) is 11.8 Å². The van der Waals surface area contributed by atoms with E-state index < -0.39 is 54.0 Å². The highest BCUT2D eigenvalue weighted by Gasteiger charge is 2.58. The van der Waals surface area contributed by atoms with Gasteiger partial charge in [0, 0.05) is 114 Å². The number of likely N-dealkylation sites (tertiary alicyclic amines) is 3. The van der Waals surface area contributed by atoms with Crippen LogP contribution in [0.5, 0.6) is 0 Å². The molecule has 0 radical (unpaired) electrons. The fourth-order valence-electron chi connectivity index (χ4n) is 22.9. The fraction of sp³-hybridized carbons (Fsp3) is 0.538. The molecule has 2 aromatic carbocycles. The van der Waals surface area contributed by atoms with Crippen molar-refractivity contribution >= 4 is 97.4 Å². The molecule has 4 bridgehead atoms. The number of rotatable bonds is 21. The van der Waals surface area contributed by atoms with Crippen LogP contribution in [0.3, 0.4) is 0 Å². The van der Waals surface area contributed by atoms with E-state index in [1.165, 1.54) is 42.3 Å². The minimum atomic E-state index is -2.96. The van der Waals surface area contributed by atoms with Crippen LogP contribution in [0.25, 0.3) is 33.1 Å². The first-order chi connectivity index (χ1) is 62.2. The number of hydrogen-bond donors (Lipinski definition) is 4. The number of aromatic nitrogens is 13. The summed E-state index contributed by atoms with van der Waals surface area (Å²) >= 11 is 0. The molecule has 4 N–H and O–H groups in total. The molecule has 9 atom stereocenters. The van der Waals surface area contributed by atoms with E-state index in [1.54, 1.807) is 58.2 Å². The summed E-state index contributed by atoms with van der Waals surface area (Å²) in [5.74, 6) is 6.61. The number of imidazole rings is 1. The maximum atomic E-state index is 14.9. The maximum Gasteiger partial charge on any atom is 0.329 e. The topological polar surface area (TPSA) is 334 Å². The van der Waals surface area contributed by atoms with Crippen molar-refractivity contribution in [1.82, 2.24) is 88.2 Å². The van der Waals surface area contributed by atoms with Crippen molar-refractivity contribution in [2.24, 2.45) is 24.8 Å². The Morgan fingerprint density at radius 1 is 0.609 bits per heavy atom. The molecule has 10 aromatic rings. The van der Waals surface area contributed by atoms with Gasteiger partial charge in [-0.05, 0) is 182 Å². The van der Waals surface area contributed by atoms with Gasteiger partial charge in [0.2, 0.25) is 17.7 Å². The van der Waals surface area contributed by atoms with Gasteiger partial charge in [0.15, 0.2) is 22.7 Å². The molecule has 21 rings (SSSR count). The van der Waals surface area contributed by atoms with Crippen LogP contribution in [-0.4, -0.2) is 240 Å². The van der Waals surface area contributed by atoms with Gasteiger partial charge >= 0.3 is 11.7 Å². The lowest BCUT2D eigenvalue weighted by atomic mass is 9.84. The number of hydrogen-bond acceptors (Lipinski definition) is 22. The van der Waals surface area contributed by atoms with E-state index in [9.17, 15) is 51.1 Å². The third-order valence-electron chi connectivity index (χ3n) is 29.4. The molecule has 2 saturated carbocycles. The Hall–Kier alpha value is -11.6. The molecule has 2 unspecified atom stereocenters. The number of aryl methyl sites for hydroxylation is 1. The number of nitrogens with one attached hydrogen (secondary N) is 4. The van der Waals surface area contributed by atoms with Crippen molar-refractivity contribution in [2.45, 2.75) is 208 Å². The van der Waals surface area contributed by atoms with Crippen LogP contribution in [0.15, 0.2) is 103 Å². The number of alkyl halides is 4. The number of pyridine rings is 1. The molecular formula is C91H103F4N23O10. The van der Waals surface area contributed by atoms with Crippen molar-refractivity contribution in [1.29, 1.82) is 0 Å². The summed E-state index contributed by atoms with van der Waals surface area (Å²) in [6.45, 7) is 11.5. The van der Waals surface area contributed by atoms with Crippen molar-refractivity contribution in [3.63, 3.8) is 0 Å². The van der Waals surface area contributed by atoms with Crippen LogP contribution in [0.2, 0.25) is 0 Å². The SMILES string of the molecule is C[C@H]1CN(C[C@H]2CC[C@H](n3cc(NC(=O)c4cnn5ccc(N6C[C@H]7C[C@@H]6C(C6O[C@@H]8C[C@H]6N(c6ccn9ncc(C(=O)Nc%10cn([C@H]%11CC[C@H](CN%12CCC(N%13CCC(c%14cccc%15c(N%16CCC(=O)NC%16=O)cncc%14%15)CC%13)CC%12)CC%11)nc%10C(F)F)c9n6)C8)O7)nc45)c(C(F)F)n3)CC2)CC[C@@H]1OCC#Cc1cccc2c1n(C)c(=O)n2[C@@H]1CCC(=O)NC1=O. The Morgan fingerprint density at radius 3 is 1.77 bits per heavy atom. The number of anilines is 5. The number of carbonyl (C=O) groups is 6. The second-order valence-electron chi connectivity index (χ2n) is 37.0. The van der Waals surface area contributed by atoms with Gasteiger partial charge in [-0.1, -0.05) is 43.0 Å². The number of carbonyl (C=O) groups excluding carboxylic acids is 6. The summed E-state index contributed by atoms with van der Waals surface area (Å²) in [5.41, 5.74) is 2.99. The van der Waals surface area contributed by atoms with Gasteiger partial charge in [0.1, 0.15) is 47.6 Å². The number of imide groups is 2. The van der Waals surface area contributed by atoms with E-state index in [4.69, 9.17) is 24.2 Å². The highest BCUT2D eigenvalue weighted by Crippen LogP contribution is 2.47. The summed E-state index contributed by atoms with van der Waals surface area (Å²) in [6, 6.07) is 14.2. The Labute approximate surface area is 733 Å². The van der Waals surface area contributed by atoms with Gasteiger partial charge in [0.05, 0.1) is 94.7 Å². The zero-order valence-corrected chi connectivity index (χ0v) is 71.4. The van der Waals surface area contributed by atoms with Gasteiger partial charge in [-0.15, -0.1) is 0 Å². The molecule has 2 aliphatic carbocycles. The molecule has 11 fully saturated rings. The van der Waals surface area contributed by atoms with Crippen molar-refractivity contribution in [3.05, 3.63) is 142 Å². The second kappa shape index (κ2) is 34.5. The zero-order valence-electron chi connectivity index (χ0n) is 71.4. The van der Waals surface area contributed by atoms with Gasteiger partial charge < -0.3 is 49.3 Å². The van der Waals surface area contributed by atoms with Crippen molar-refractivity contribution in [2.75, 3.05) is 104 Å². The van der Waals surface area contributed by atoms with Gasteiger partial charge in [-0.2, -0.15) is 20.4 Å². The minimum absolute atomic E-state index is 0.00404. The molecular weight excluding hydrogens is 1650 g/mol. The second-order valence-corrected chi connectivity index (χ2v) is 37.0. The maximum absolute atomic E-state index is 14.9.